The number of halogens is 1. The summed E-state index contributed by atoms with van der Waals surface area (Å²) in [5, 5.41) is 6.42. The van der Waals surface area contributed by atoms with E-state index in [0.717, 1.165) is 17.7 Å². The summed E-state index contributed by atoms with van der Waals surface area (Å²) < 4.78 is 15.2. The Morgan fingerprint density at radius 1 is 1.10 bits per heavy atom. The van der Waals surface area contributed by atoms with E-state index < -0.39 is 24.1 Å². The molecule has 14 heteroatoms. The van der Waals surface area contributed by atoms with Gasteiger partial charge >= 0.3 is 11.9 Å². The van der Waals surface area contributed by atoms with E-state index in [4.69, 9.17) is 21.1 Å². The van der Waals surface area contributed by atoms with Crippen molar-refractivity contribution in [2.24, 2.45) is 0 Å². The van der Waals surface area contributed by atoms with Crippen LogP contribution in [-0.2, 0) is 32.2 Å². The lowest BCUT2D eigenvalue weighted by Crippen LogP contribution is -2.35. The first-order chi connectivity index (χ1) is 19.9. The molecule has 1 aliphatic heterocycles. The second kappa shape index (κ2) is 14.0. The molecule has 1 fully saturated rings. The van der Waals surface area contributed by atoms with Crippen LogP contribution in [0.3, 0.4) is 0 Å². The van der Waals surface area contributed by atoms with E-state index in [1.807, 2.05) is 6.07 Å². The molecule has 0 spiro atoms. The molecule has 13 nitrogen and oxygen atoms in total. The topological polar surface area (TPSA) is 158 Å². The number of esters is 2. The maximum atomic E-state index is 13.1. The summed E-state index contributed by atoms with van der Waals surface area (Å²) in [6.45, 7) is 0.917. The fourth-order valence-corrected chi connectivity index (χ4v) is 4.24. The van der Waals surface area contributed by atoms with Gasteiger partial charge in [-0.25, -0.2) is 24.5 Å². The van der Waals surface area contributed by atoms with Crippen molar-refractivity contribution < 1.29 is 28.6 Å². The molecule has 0 unspecified atom stereocenters. The first kappa shape index (κ1) is 29.2. The number of anilines is 2. The molecule has 0 bridgehead atoms. The van der Waals surface area contributed by atoms with Gasteiger partial charge in [0.15, 0.2) is 6.23 Å². The van der Waals surface area contributed by atoms with E-state index in [1.54, 1.807) is 35.5 Å². The van der Waals surface area contributed by atoms with E-state index in [9.17, 15) is 14.4 Å². The largest absolute Gasteiger partial charge is 0.495 e. The van der Waals surface area contributed by atoms with E-state index >= 15 is 0 Å². The predicted molar refractivity (Wildman–Crippen MR) is 148 cm³/mol. The van der Waals surface area contributed by atoms with Crippen LogP contribution in [0.15, 0.2) is 55.0 Å². The van der Waals surface area contributed by atoms with Crippen LogP contribution in [0.2, 0.25) is 5.02 Å². The fraction of sp³-hybridized carbons (Fsp3) is 0.296. The summed E-state index contributed by atoms with van der Waals surface area (Å²) >= 11 is 6.28. The first-order valence-electron chi connectivity index (χ1n) is 12.6. The van der Waals surface area contributed by atoms with Crippen molar-refractivity contribution in [2.45, 2.75) is 32.2 Å². The molecule has 1 aromatic carbocycles. The lowest BCUT2D eigenvalue weighted by atomic mass is 10.2. The molecule has 0 aliphatic carbocycles. The molecule has 4 rings (SSSR count). The van der Waals surface area contributed by atoms with Crippen molar-refractivity contribution in [1.82, 2.24) is 25.3 Å². The second-order valence-corrected chi connectivity index (χ2v) is 9.09. The maximum Gasteiger partial charge on any atom is 0.332 e. The van der Waals surface area contributed by atoms with Crippen molar-refractivity contribution in [3.05, 3.63) is 77.0 Å². The Balaban J connectivity index is 1.55. The summed E-state index contributed by atoms with van der Waals surface area (Å²) in [4.78, 5) is 55.6. The molecule has 41 heavy (non-hydrogen) atoms. The molecule has 1 atom stereocenters. The van der Waals surface area contributed by atoms with Crippen LogP contribution >= 0.6 is 11.6 Å². The van der Waals surface area contributed by atoms with Crippen molar-refractivity contribution in [1.29, 1.82) is 0 Å². The third kappa shape index (κ3) is 7.88. The van der Waals surface area contributed by atoms with Crippen LogP contribution in [0.4, 0.5) is 11.8 Å². The summed E-state index contributed by atoms with van der Waals surface area (Å²) in [6, 6.07) is 7.02. The average molecular weight is 582 g/mol. The molecule has 3 aromatic rings. The molecule has 2 aromatic heterocycles. The third-order valence-electron chi connectivity index (χ3n) is 5.99. The van der Waals surface area contributed by atoms with Crippen LogP contribution in [-0.4, -0.2) is 64.8 Å². The van der Waals surface area contributed by atoms with Crippen molar-refractivity contribution in [3.63, 3.8) is 0 Å². The predicted octanol–water partition coefficient (Wildman–Crippen LogP) is 2.67. The highest BCUT2D eigenvalue weighted by Crippen LogP contribution is 2.27. The molecular formula is C27H28ClN7O6. The number of nitrogens with one attached hydrogen (secondary N) is 2. The van der Waals surface area contributed by atoms with E-state index in [2.05, 4.69) is 35.3 Å². The average Bonchev–Trinajstić information content (AvgIpc) is 3.46. The van der Waals surface area contributed by atoms with Gasteiger partial charge < -0.3 is 29.7 Å². The fourth-order valence-electron chi connectivity index (χ4n) is 3.96. The Labute approximate surface area is 240 Å². The van der Waals surface area contributed by atoms with Gasteiger partial charge in [-0.15, -0.1) is 0 Å². The zero-order valence-electron chi connectivity index (χ0n) is 22.4. The molecule has 1 saturated heterocycles. The van der Waals surface area contributed by atoms with Gasteiger partial charge in [0, 0.05) is 50.3 Å². The highest BCUT2D eigenvalue weighted by Gasteiger charge is 2.30. The lowest BCUT2D eigenvalue weighted by Gasteiger charge is -2.24. The monoisotopic (exact) mass is 581 g/mol. The number of carbonyl (C=O) groups is 3. The molecular weight excluding hydrogens is 554 g/mol. The maximum absolute atomic E-state index is 13.1. The molecule has 214 valence electrons. The Morgan fingerprint density at radius 3 is 2.61 bits per heavy atom. The van der Waals surface area contributed by atoms with E-state index in [1.165, 1.54) is 20.4 Å². The Bertz CT molecular complexity index is 1420. The van der Waals surface area contributed by atoms with Crippen molar-refractivity contribution in [2.75, 3.05) is 31.0 Å². The second-order valence-electron chi connectivity index (χ2n) is 8.69. The Morgan fingerprint density at radius 2 is 1.88 bits per heavy atom. The van der Waals surface area contributed by atoms with Crippen LogP contribution < -0.4 is 20.3 Å². The minimum atomic E-state index is -0.707. The van der Waals surface area contributed by atoms with Gasteiger partial charge in [-0.1, -0.05) is 17.7 Å². The number of ether oxygens (including phenoxy) is 3. The van der Waals surface area contributed by atoms with E-state index in [0.29, 0.717) is 42.5 Å². The van der Waals surface area contributed by atoms with Gasteiger partial charge in [-0.3, -0.25) is 4.79 Å². The summed E-state index contributed by atoms with van der Waals surface area (Å²) in [7, 11) is 2.74. The molecule has 1 amide bonds. The van der Waals surface area contributed by atoms with Gasteiger partial charge in [0.2, 0.25) is 5.95 Å². The van der Waals surface area contributed by atoms with Crippen molar-refractivity contribution >= 4 is 41.2 Å². The standard InChI is InChI=1S/C27H28ClN7O6/c1-39-20-7-6-17(13-19(20)28)14-31-25-18(26(38)32-16-21-29-10-4-11-30-21)15-33-27(34-25)35-12-3-5-22(35)41-24(37)9-8-23(36)40-2/h4,6-11,13,15,22H,3,5,12,14,16H2,1-2H3,(H,32,38)(H,31,33,34)/b9-8-/t22-/m0/s1. The minimum absolute atomic E-state index is 0.109. The molecule has 2 N–H and O–H groups in total. The van der Waals surface area contributed by atoms with Gasteiger partial charge in [-0.05, 0) is 30.2 Å². The number of carbonyl (C=O) groups excluding carboxylic acids is 3. The number of aromatic nitrogens is 4. The van der Waals surface area contributed by atoms with Gasteiger partial charge in [0.05, 0.1) is 25.8 Å². The van der Waals surface area contributed by atoms with E-state index in [-0.39, 0.29) is 23.9 Å². The van der Waals surface area contributed by atoms with Crippen LogP contribution in [0.1, 0.15) is 34.6 Å². The number of benzene rings is 1. The highest BCUT2D eigenvalue weighted by atomic mass is 35.5. The Kier molecular flexibility index (Phi) is 9.99. The van der Waals surface area contributed by atoms with Gasteiger partial charge in [-0.2, -0.15) is 4.98 Å². The van der Waals surface area contributed by atoms with Gasteiger partial charge in [0.1, 0.15) is 23.0 Å². The normalized spacial score (nSPS) is 14.5. The SMILES string of the molecule is COC(=O)/C=C\C(=O)O[C@H]1CCCN1c1ncc(C(=O)NCc2ncccn2)c(NCc2ccc(OC)c(Cl)c2)n1. The zero-order valence-corrected chi connectivity index (χ0v) is 23.1. The summed E-state index contributed by atoms with van der Waals surface area (Å²) in [5.74, 6) is -0.304. The zero-order chi connectivity index (χ0) is 29.2. The number of rotatable bonds is 11. The first-order valence-corrected chi connectivity index (χ1v) is 13.0. The number of methoxy groups -OCH3 is 2. The number of hydrogen-bond donors (Lipinski definition) is 2. The summed E-state index contributed by atoms with van der Waals surface area (Å²) in [6.07, 6.45) is 7.16. The number of amides is 1. The lowest BCUT2D eigenvalue weighted by molar-refractivity contribution is -0.143. The van der Waals surface area contributed by atoms with Crippen LogP contribution in [0.25, 0.3) is 0 Å². The smallest absolute Gasteiger partial charge is 0.332 e. The third-order valence-corrected chi connectivity index (χ3v) is 6.28. The summed E-state index contributed by atoms with van der Waals surface area (Å²) in [5.41, 5.74) is 1.02. The molecule has 0 radical (unpaired) electrons. The quantitative estimate of drug-likeness (QED) is 0.252. The highest BCUT2D eigenvalue weighted by molar-refractivity contribution is 6.32. The molecule has 0 saturated carbocycles. The number of nitrogens with zero attached hydrogens (tertiary/aromatic N) is 5. The van der Waals surface area contributed by atoms with Gasteiger partial charge in [0.25, 0.3) is 5.91 Å². The minimum Gasteiger partial charge on any atom is -0.495 e. The molecule has 3 heterocycles. The number of hydrogen-bond acceptors (Lipinski definition) is 12. The Hall–Kier alpha value is -4.78. The van der Waals surface area contributed by atoms with Crippen LogP contribution in [0, 0.1) is 0 Å². The van der Waals surface area contributed by atoms with Crippen molar-refractivity contribution in [3.8, 4) is 5.75 Å². The molecule has 1 aliphatic rings. The van der Waals surface area contributed by atoms with Crippen LogP contribution in [0.5, 0.6) is 5.75 Å².